The van der Waals surface area contributed by atoms with Gasteiger partial charge in [0.15, 0.2) is 0 Å². The van der Waals surface area contributed by atoms with Crippen LogP contribution in [0.15, 0.2) is 125 Å². The van der Waals surface area contributed by atoms with Crippen molar-refractivity contribution in [3.63, 3.8) is 0 Å². The van der Waals surface area contributed by atoms with E-state index in [0.29, 0.717) is 0 Å². The van der Waals surface area contributed by atoms with Crippen LogP contribution in [-0.2, 0) is 100 Å². The first-order valence-corrected chi connectivity index (χ1v) is 20.4. The summed E-state index contributed by atoms with van der Waals surface area (Å²) in [5.41, 5.74) is -3.81. The van der Waals surface area contributed by atoms with Crippen LogP contribution in [0, 0.1) is 16.2 Å². The maximum absolute atomic E-state index is 11.8. The third-order valence-corrected chi connectivity index (χ3v) is 8.37. The molecule has 0 aromatic heterocycles. The molecule has 0 aliphatic carbocycles. The van der Waals surface area contributed by atoms with Gasteiger partial charge in [-0.05, 0) is 27.7 Å². The lowest BCUT2D eigenvalue weighted by Gasteiger charge is -2.35. The van der Waals surface area contributed by atoms with Crippen LogP contribution in [-0.4, -0.2) is 139 Å². The molecule has 21 heteroatoms. The van der Waals surface area contributed by atoms with E-state index in [4.69, 9.17) is 52.1 Å². The molecule has 0 rings (SSSR count). The Morgan fingerprint density at radius 1 is 0.286 bits per heavy atom. The summed E-state index contributed by atoms with van der Waals surface area (Å²) in [4.78, 5) is 118. The summed E-state index contributed by atoms with van der Waals surface area (Å²) < 4.78 is 57.4. The predicted octanol–water partition coefficient (Wildman–Crippen LogP) is 3.80. The molecule has 0 aromatic rings. The molecule has 0 aliphatic heterocycles. The largest absolute Gasteiger partial charge is 0.462 e. The Balaban J connectivity index is 0. The summed E-state index contributed by atoms with van der Waals surface area (Å²) in [7, 11) is 0. The highest BCUT2D eigenvalue weighted by atomic mass is 16.6. The zero-order valence-electron chi connectivity index (χ0n) is 40.1. The van der Waals surface area contributed by atoms with E-state index in [9.17, 15) is 47.9 Å². The first-order chi connectivity index (χ1) is 32.7. The zero-order chi connectivity index (χ0) is 54.1. The number of hydrogen-bond acceptors (Lipinski definition) is 21. The summed E-state index contributed by atoms with van der Waals surface area (Å²) in [6.07, 6.45) is 5.32. The Morgan fingerprint density at radius 2 is 0.429 bits per heavy atom. The van der Waals surface area contributed by atoms with Crippen molar-refractivity contribution in [1.82, 2.24) is 0 Å². The Kier molecular flexibility index (Phi) is 30.7. The van der Waals surface area contributed by atoms with Gasteiger partial charge in [-0.2, -0.15) is 0 Å². The molecule has 0 spiro atoms. The Morgan fingerprint density at radius 3 is 0.571 bits per heavy atom. The molecule has 384 valence electrons. The molecule has 0 atom stereocenters. The van der Waals surface area contributed by atoms with Crippen LogP contribution in [0.2, 0.25) is 0 Å². The van der Waals surface area contributed by atoms with E-state index in [1.54, 1.807) is 0 Å². The second kappa shape index (κ2) is 33.5. The van der Waals surface area contributed by atoms with E-state index in [0.717, 1.165) is 36.5 Å². The van der Waals surface area contributed by atoms with Crippen LogP contribution in [0.25, 0.3) is 0 Å². The molecule has 0 N–H and O–H groups in total. The molecule has 70 heavy (non-hydrogen) atoms. The standard InChI is InChI=1S/C28H34O13.C21H28O8/c1-7-21(29)36-15-27(16-37-22(30)8-2,17-38-23(31)9-3)13-35-14-28(18-39-24(32)10-4,19-40-25(33)11-5)20-41-26(34)12-6;1-13(2)17(22)26-9-21(10-27-18(23)14(3)4,11-28-19(24)15(5)6)12-29-20(25)16(7)8/h7-12H,1-6,13-20H2;1,3,5,7,9-12H2,2,4,6,8H3. The van der Waals surface area contributed by atoms with Crippen molar-refractivity contribution in [2.75, 3.05) is 79.3 Å². The topological polar surface area (TPSA) is 272 Å². The number of ether oxygens (including phenoxy) is 11. The van der Waals surface area contributed by atoms with Gasteiger partial charge in [0.1, 0.15) is 71.5 Å². The highest BCUT2D eigenvalue weighted by Gasteiger charge is 2.41. The van der Waals surface area contributed by atoms with Gasteiger partial charge in [0.05, 0.1) is 24.0 Å². The minimum atomic E-state index is -1.49. The molecule has 0 bridgehead atoms. The maximum Gasteiger partial charge on any atom is 0.333 e. The lowest BCUT2D eigenvalue weighted by Crippen LogP contribution is -2.47. The van der Waals surface area contributed by atoms with E-state index in [1.165, 1.54) is 27.7 Å². The van der Waals surface area contributed by atoms with E-state index in [2.05, 4.69) is 65.8 Å². The summed E-state index contributed by atoms with van der Waals surface area (Å²) in [5.74, 6) is -7.85. The molecular formula is C49H62O21. The monoisotopic (exact) mass is 986 g/mol. The lowest BCUT2D eigenvalue weighted by molar-refractivity contribution is -0.171. The van der Waals surface area contributed by atoms with Crippen molar-refractivity contribution in [1.29, 1.82) is 0 Å². The van der Waals surface area contributed by atoms with Gasteiger partial charge in [-0.15, -0.1) is 0 Å². The zero-order valence-corrected chi connectivity index (χ0v) is 40.1. The molecule has 0 aliphatic rings. The quantitative estimate of drug-likeness (QED) is 0.0504. The van der Waals surface area contributed by atoms with Gasteiger partial charge >= 0.3 is 59.7 Å². The molecule has 0 radical (unpaired) electrons. The van der Waals surface area contributed by atoms with Crippen molar-refractivity contribution in [3.8, 4) is 0 Å². The Hall–Kier alpha value is -7.94. The molecule has 0 unspecified atom stereocenters. The molecule has 0 fully saturated rings. The van der Waals surface area contributed by atoms with Crippen LogP contribution < -0.4 is 0 Å². The Bertz CT molecular complexity index is 1710. The minimum absolute atomic E-state index is 0.135. The number of carbonyl (C=O) groups is 10. The van der Waals surface area contributed by atoms with Crippen molar-refractivity contribution in [2.24, 2.45) is 16.2 Å². The third-order valence-electron chi connectivity index (χ3n) is 8.37. The average Bonchev–Trinajstić information content (AvgIpc) is 3.34. The van der Waals surface area contributed by atoms with Crippen LogP contribution in [0.4, 0.5) is 0 Å². The Labute approximate surface area is 406 Å². The highest BCUT2D eigenvalue weighted by molar-refractivity contribution is 5.89. The molecule has 0 aromatic carbocycles. The van der Waals surface area contributed by atoms with Crippen molar-refractivity contribution in [3.05, 3.63) is 125 Å². The number of hydrogen-bond donors (Lipinski definition) is 0. The minimum Gasteiger partial charge on any atom is -0.462 e. The highest BCUT2D eigenvalue weighted by Crippen LogP contribution is 2.27. The lowest BCUT2D eigenvalue weighted by atomic mass is 9.90. The van der Waals surface area contributed by atoms with Crippen LogP contribution in [0.5, 0.6) is 0 Å². The van der Waals surface area contributed by atoms with E-state index in [-0.39, 0.29) is 48.7 Å². The number of rotatable bonds is 34. The normalized spacial score (nSPS) is 10.5. The third kappa shape index (κ3) is 27.0. The molecule has 21 nitrogen and oxygen atoms in total. The second-order valence-corrected chi connectivity index (χ2v) is 15.3. The fraction of sp³-hybridized carbons (Fsp3) is 0.388. The van der Waals surface area contributed by atoms with Crippen molar-refractivity contribution >= 4 is 59.7 Å². The molecule has 0 saturated carbocycles. The first kappa shape index (κ1) is 64.1. The second-order valence-electron chi connectivity index (χ2n) is 15.3. The van der Waals surface area contributed by atoms with E-state index >= 15 is 0 Å². The summed E-state index contributed by atoms with van der Waals surface area (Å²) in [6, 6.07) is 0. The van der Waals surface area contributed by atoms with Crippen molar-refractivity contribution in [2.45, 2.75) is 27.7 Å². The predicted molar refractivity (Wildman–Crippen MR) is 248 cm³/mol. The van der Waals surface area contributed by atoms with Gasteiger partial charge < -0.3 is 52.1 Å². The van der Waals surface area contributed by atoms with Crippen LogP contribution >= 0.6 is 0 Å². The first-order valence-electron chi connectivity index (χ1n) is 20.4. The summed E-state index contributed by atoms with van der Waals surface area (Å²) in [5, 5.41) is 0. The molecule has 0 amide bonds. The van der Waals surface area contributed by atoms with Gasteiger partial charge in [0.25, 0.3) is 0 Å². The molecule has 0 heterocycles. The summed E-state index contributed by atoms with van der Waals surface area (Å²) >= 11 is 0. The average molecular weight is 987 g/mol. The summed E-state index contributed by atoms with van der Waals surface area (Å²) in [6.45, 7) is 34.3. The van der Waals surface area contributed by atoms with Crippen LogP contribution in [0.3, 0.4) is 0 Å². The molecular weight excluding hydrogens is 925 g/mol. The van der Waals surface area contributed by atoms with Crippen LogP contribution in [0.1, 0.15) is 27.7 Å². The van der Waals surface area contributed by atoms with Gasteiger partial charge in [-0.25, -0.2) is 47.9 Å². The fourth-order valence-electron chi connectivity index (χ4n) is 4.30. The maximum atomic E-state index is 11.8. The number of carbonyl (C=O) groups excluding carboxylic acids is 10. The van der Waals surface area contributed by atoms with Gasteiger partial charge in [0, 0.05) is 58.7 Å². The van der Waals surface area contributed by atoms with Gasteiger partial charge in [-0.1, -0.05) is 65.8 Å². The van der Waals surface area contributed by atoms with E-state index < -0.39 is 129 Å². The fourth-order valence-corrected chi connectivity index (χ4v) is 4.30. The SMILES string of the molecule is C=C(C)C(=O)OCC(COC(=O)C(=C)C)(COC(=O)C(=C)C)COC(=O)C(=C)C.C=CC(=O)OCC(COCC(COC(=O)C=C)(COC(=O)C=C)COC(=O)C=C)(COC(=O)C=C)COC(=O)C=C. The van der Waals surface area contributed by atoms with Crippen molar-refractivity contribution < 1.29 is 100 Å². The number of esters is 10. The molecule has 0 saturated heterocycles. The van der Waals surface area contributed by atoms with E-state index in [1.807, 2.05) is 0 Å². The van der Waals surface area contributed by atoms with Gasteiger partial charge in [0.2, 0.25) is 0 Å². The van der Waals surface area contributed by atoms with Gasteiger partial charge in [-0.3, -0.25) is 0 Å². The smallest absolute Gasteiger partial charge is 0.333 e.